The summed E-state index contributed by atoms with van der Waals surface area (Å²) in [4.78, 5) is 24.2. The quantitative estimate of drug-likeness (QED) is 0.877. The second-order valence-corrected chi connectivity index (χ2v) is 4.49. The first kappa shape index (κ1) is 13.4. The molecule has 5 nitrogen and oxygen atoms in total. The molecule has 0 radical (unpaired) electrons. The standard InChI is InChI=1S/C14H17NO4/c1-2-19-11-5-3-10(4-6-11)9-15-12(14(17)18)7-8-13(15)16/h3-6,12H,2,7-9H2,1H3,(H,17,18)/t12-/m0/s1. The van der Waals surface area contributed by atoms with E-state index in [1.54, 1.807) is 0 Å². The number of carbonyl (C=O) groups excluding carboxylic acids is 1. The summed E-state index contributed by atoms with van der Waals surface area (Å²) in [6.45, 7) is 2.85. The Labute approximate surface area is 111 Å². The first-order valence-corrected chi connectivity index (χ1v) is 6.36. The monoisotopic (exact) mass is 263 g/mol. The Morgan fingerprint density at radius 3 is 2.68 bits per heavy atom. The first-order chi connectivity index (χ1) is 9.11. The molecule has 1 atom stereocenters. The van der Waals surface area contributed by atoms with Crippen molar-refractivity contribution in [1.82, 2.24) is 4.90 Å². The lowest BCUT2D eigenvalue weighted by Gasteiger charge is -2.21. The zero-order valence-electron chi connectivity index (χ0n) is 10.8. The number of nitrogens with zero attached hydrogens (tertiary/aromatic N) is 1. The molecule has 0 aromatic heterocycles. The molecule has 1 N–H and O–H groups in total. The molecule has 0 saturated carbocycles. The summed E-state index contributed by atoms with van der Waals surface area (Å²) >= 11 is 0. The van der Waals surface area contributed by atoms with Gasteiger partial charge in [0.1, 0.15) is 11.8 Å². The Balaban J connectivity index is 2.06. The van der Waals surface area contributed by atoms with Crippen molar-refractivity contribution in [2.24, 2.45) is 0 Å². The van der Waals surface area contributed by atoms with E-state index in [-0.39, 0.29) is 5.91 Å². The molecule has 5 heteroatoms. The molecule has 102 valence electrons. The minimum Gasteiger partial charge on any atom is -0.494 e. The summed E-state index contributed by atoms with van der Waals surface area (Å²) in [5, 5.41) is 9.08. The van der Waals surface area contributed by atoms with Gasteiger partial charge in [0, 0.05) is 13.0 Å². The van der Waals surface area contributed by atoms with E-state index in [9.17, 15) is 9.59 Å². The van der Waals surface area contributed by atoms with Crippen LogP contribution in [0.3, 0.4) is 0 Å². The van der Waals surface area contributed by atoms with E-state index in [1.807, 2.05) is 31.2 Å². The Bertz CT molecular complexity index is 469. The normalized spacial score (nSPS) is 18.7. The largest absolute Gasteiger partial charge is 0.494 e. The summed E-state index contributed by atoms with van der Waals surface area (Å²) in [5.74, 6) is -0.258. The minimum absolute atomic E-state index is 0.0960. The summed E-state index contributed by atoms with van der Waals surface area (Å²) in [6.07, 6.45) is 0.708. The maximum absolute atomic E-state index is 11.7. The number of carbonyl (C=O) groups is 2. The highest BCUT2D eigenvalue weighted by molar-refractivity contribution is 5.87. The first-order valence-electron chi connectivity index (χ1n) is 6.36. The SMILES string of the molecule is CCOc1ccc(CN2C(=O)CC[C@H]2C(=O)O)cc1. The average molecular weight is 263 g/mol. The van der Waals surface area contributed by atoms with Crippen LogP contribution in [-0.4, -0.2) is 34.5 Å². The highest BCUT2D eigenvalue weighted by atomic mass is 16.5. The molecule has 1 amide bonds. The molecule has 2 rings (SSSR count). The van der Waals surface area contributed by atoms with Gasteiger partial charge in [-0.3, -0.25) is 4.79 Å². The van der Waals surface area contributed by atoms with Crippen molar-refractivity contribution >= 4 is 11.9 Å². The number of rotatable bonds is 5. The van der Waals surface area contributed by atoms with Crippen LogP contribution in [0.5, 0.6) is 5.75 Å². The fourth-order valence-electron chi connectivity index (χ4n) is 2.24. The summed E-state index contributed by atoms with van der Waals surface area (Å²) in [7, 11) is 0. The van der Waals surface area contributed by atoms with Gasteiger partial charge in [0.05, 0.1) is 6.61 Å². The van der Waals surface area contributed by atoms with Gasteiger partial charge >= 0.3 is 5.97 Å². The molecule has 1 aromatic rings. The Morgan fingerprint density at radius 1 is 1.42 bits per heavy atom. The van der Waals surface area contributed by atoms with Crippen molar-refractivity contribution in [2.45, 2.75) is 32.4 Å². The highest BCUT2D eigenvalue weighted by Gasteiger charge is 2.35. The molecular formula is C14H17NO4. The molecule has 1 fully saturated rings. The van der Waals surface area contributed by atoms with Crippen molar-refractivity contribution in [3.63, 3.8) is 0 Å². The van der Waals surface area contributed by atoms with Crippen LogP contribution in [0.4, 0.5) is 0 Å². The molecule has 1 saturated heterocycles. The van der Waals surface area contributed by atoms with E-state index in [2.05, 4.69) is 0 Å². The predicted molar refractivity (Wildman–Crippen MR) is 68.8 cm³/mol. The van der Waals surface area contributed by atoms with Crippen molar-refractivity contribution in [3.05, 3.63) is 29.8 Å². The van der Waals surface area contributed by atoms with Gasteiger partial charge in [-0.05, 0) is 31.0 Å². The Kier molecular flexibility index (Phi) is 4.04. The number of ether oxygens (including phenoxy) is 1. The number of hydrogen-bond donors (Lipinski definition) is 1. The lowest BCUT2D eigenvalue weighted by molar-refractivity contribution is -0.146. The van der Waals surface area contributed by atoms with E-state index in [0.29, 0.717) is 26.0 Å². The van der Waals surface area contributed by atoms with Crippen molar-refractivity contribution < 1.29 is 19.4 Å². The fourth-order valence-corrected chi connectivity index (χ4v) is 2.24. The third-order valence-corrected chi connectivity index (χ3v) is 3.20. The zero-order valence-corrected chi connectivity index (χ0v) is 10.8. The molecule has 1 aliphatic rings. The van der Waals surface area contributed by atoms with Crippen molar-refractivity contribution in [1.29, 1.82) is 0 Å². The number of benzene rings is 1. The van der Waals surface area contributed by atoms with Crippen LogP contribution < -0.4 is 4.74 Å². The van der Waals surface area contributed by atoms with Crippen molar-refractivity contribution in [3.8, 4) is 5.75 Å². The molecule has 0 bridgehead atoms. The minimum atomic E-state index is -0.934. The van der Waals surface area contributed by atoms with Gasteiger partial charge in [0.25, 0.3) is 0 Å². The van der Waals surface area contributed by atoms with Crippen LogP contribution in [-0.2, 0) is 16.1 Å². The van der Waals surface area contributed by atoms with E-state index in [0.717, 1.165) is 11.3 Å². The third-order valence-electron chi connectivity index (χ3n) is 3.20. The van der Waals surface area contributed by atoms with Gasteiger partial charge in [-0.25, -0.2) is 4.79 Å². The van der Waals surface area contributed by atoms with E-state index >= 15 is 0 Å². The van der Waals surface area contributed by atoms with Gasteiger partial charge in [-0.15, -0.1) is 0 Å². The van der Waals surface area contributed by atoms with Crippen LogP contribution >= 0.6 is 0 Å². The lowest BCUT2D eigenvalue weighted by atomic mass is 10.2. The molecule has 19 heavy (non-hydrogen) atoms. The maximum Gasteiger partial charge on any atom is 0.326 e. The molecule has 0 aliphatic carbocycles. The van der Waals surface area contributed by atoms with Crippen LogP contribution in [0.1, 0.15) is 25.3 Å². The molecule has 1 heterocycles. The van der Waals surface area contributed by atoms with Crippen LogP contribution in [0.2, 0.25) is 0 Å². The predicted octanol–water partition coefficient (Wildman–Crippen LogP) is 1.66. The Morgan fingerprint density at radius 2 is 2.11 bits per heavy atom. The van der Waals surface area contributed by atoms with Crippen LogP contribution in [0.25, 0.3) is 0 Å². The summed E-state index contributed by atoms with van der Waals surface area (Å²) in [5.41, 5.74) is 0.907. The number of hydrogen-bond acceptors (Lipinski definition) is 3. The van der Waals surface area contributed by atoms with Crippen molar-refractivity contribution in [2.75, 3.05) is 6.61 Å². The molecule has 0 spiro atoms. The highest BCUT2D eigenvalue weighted by Crippen LogP contribution is 2.22. The van der Waals surface area contributed by atoms with Crippen LogP contribution in [0.15, 0.2) is 24.3 Å². The third kappa shape index (κ3) is 3.05. The number of likely N-dealkylation sites (tertiary alicyclic amines) is 1. The Hall–Kier alpha value is -2.04. The average Bonchev–Trinajstić information content (AvgIpc) is 2.74. The number of carboxylic acid groups (broad SMARTS) is 1. The van der Waals surface area contributed by atoms with Crippen LogP contribution in [0, 0.1) is 0 Å². The molecule has 0 unspecified atom stereocenters. The fraction of sp³-hybridized carbons (Fsp3) is 0.429. The lowest BCUT2D eigenvalue weighted by Crippen LogP contribution is -2.37. The maximum atomic E-state index is 11.7. The van der Waals surface area contributed by atoms with Gasteiger partial charge < -0.3 is 14.7 Å². The number of aliphatic carboxylic acids is 1. The van der Waals surface area contributed by atoms with Gasteiger partial charge in [0.15, 0.2) is 0 Å². The smallest absolute Gasteiger partial charge is 0.326 e. The van der Waals surface area contributed by atoms with Gasteiger partial charge in [0.2, 0.25) is 5.91 Å². The molecular weight excluding hydrogens is 246 g/mol. The summed E-state index contributed by atoms with van der Waals surface area (Å²) in [6, 6.07) is 6.68. The molecule has 1 aromatic carbocycles. The van der Waals surface area contributed by atoms with E-state index in [1.165, 1.54) is 4.90 Å². The number of carboxylic acids is 1. The second kappa shape index (κ2) is 5.73. The second-order valence-electron chi connectivity index (χ2n) is 4.49. The topological polar surface area (TPSA) is 66.8 Å². The van der Waals surface area contributed by atoms with Gasteiger partial charge in [-0.2, -0.15) is 0 Å². The van der Waals surface area contributed by atoms with Gasteiger partial charge in [-0.1, -0.05) is 12.1 Å². The van der Waals surface area contributed by atoms with E-state index in [4.69, 9.17) is 9.84 Å². The summed E-state index contributed by atoms with van der Waals surface area (Å²) < 4.78 is 5.34. The number of amides is 1. The van der Waals surface area contributed by atoms with E-state index < -0.39 is 12.0 Å². The molecule has 1 aliphatic heterocycles. The zero-order chi connectivity index (χ0) is 13.8.